The van der Waals surface area contributed by atoms with E-state index in [0.717, 1.165) is 0 Å². The van der Waals surface area contributed by atoms with Crippen LogP contribution in [0, 0.1) is 0 Å². The van der Waals surface area contributed by atoms with Gasteiger partial charge in [0.25, 0.3) is 5.97 Å². The Morgan fingerprint density at radius 1 is 1.24 bits per heavy atom. The van der Waals surface area contributed by atoms with Gasteiger partial charge in [-0.1, -0.05) is 0 Å². The highest BCUT2D eigenvalue weighted by Crippen LogP contribution is 2.32. The lowest BCUT2D eigenvalue weighted by Crippen LogP contribution is -2.66. The van der Waals surface area contributed by atoms with E-state index < -0.39 is 79.7 Å². The fraction of sp³-hybridized carbons (Fsp3) is 1.00. The van der Waals surface area contributed by atoms with Crippen LogP contribution in [-0.4, -0.2) is 101 Å². The van der Waals surface area contributed by atoms with Gasteiger partial charge in [-0.2, -0.15) is 0 Å². The zero-order valence-electron chi connectivity index (χ0n) is 13.0. The number of aliphatic hydroxyl groups excluding tert-OH is 5. The summed E-state index contributed by atoms with van der Waals surface area (Å²) in [6, 6.07) is -1.53. The van der Waals surface area contributed by atoms with Crippen LogP contribution in [-0.2, 0) is 25.5 Å². The minimum Gasteiger partial charge on any atom is -0.760 e. The second-order valence-corrected chi connectivity index (χ2v) is 6.64. The summed E-state index contributed by atoms with van der Waals surface area (Å²) in [5.41, 5.74) is 0. The molecule has 2 fully saturated rings. The molecule has 148 valence electrons. The zero-order valence-corrected chi connectivity index (χ0v) is 13.8. The van der Waals surface area contributed by atoms with Crippen molar-refractivity contribution in [2.75, 3.05) is 13.2 Å². The molecule has 0 aliphatic carbocycles. The van der Waals surface area contributed by atoms with Gasteiger partial charge < -0.3 is 44.7 Å². The summed E-state index contributed by atoms with van der Waals surface area (Å²) in [5, 5.41) is 58.4. The Morgan fingerprint density at radius 3 is 2.48 bits per heavy atom. The van der Waals surface area contributed by atoms with Gasteiger partial charge in [0.15, 0.2) is 6.29 Å². The molecule has 7 N–H and O–H groups in total. The lowest BCUT2D eigenvalue weighted by atomic mass is 9.97. The minimum atomic E-state index is -2.87. The number of ether oxygens (including phenoxy) is 3. The molecule has 25 heavy (non-hydrogen) atoms. The Kier molecular flexibility index (Phi) is 7.23. The van der Waals surface area contributed by atoms with E-state index >= 15 is 0 Å². The van der Waals surface area contributed by atoms with Gasteiger partial charge in [0.1, 0.15) is 18.3 Å². The summed E-state index contributed by atoms with van der Waals surface area (Å²) in [6.07, 6.45) is -8.74. The lowest BCUT2D eigenvalue weighted by Gasteiger charge is -2.46. The van der Waals surface area contributed by atoms with Crippen molar-refractivity contribution in [3.63, 3.8) is 0 Å². The molecule has 0 spiro atoms. The first-order valence-corrected chi connectivity index (χ1v) is 8.61. The molecule has 0 radical (unpaired) electrons. The second-order valence-electron chi connectivity index (χ2n) is 5.93. The lowest BCUT2D eigenvalue weighted by molar-refractivity contribution is -0.449. The third-order valence-electron chi connectivity index (χ3n) is 4.00. The maximum absolute atomic E-state index is 10.9. The predicted octanol–water partition coefficient (Wildman–Crippen LogP) is -4.63. The maximum Gasteiger partial charge on any atom is 0.285 e. The van der Waals surface area contributed by atoms with Crippen LogP contribution in [0.5, 0.6) is 0 Å². The monoisotopic (exact) mass is 388 g/mol. The molecule has 2 rings (SSSR count). The SMILES string of the molecule is O=S([O-])N[C@H]1C(OC2(O)C[C@@H](O)C[C@@H](CO)O2)O[C@H](CO)[C@@H](O)[C@@H]1O. The first-order valence-electron chi connectivity index (χ1n) is 7.54. The van der Waals surface area contributed by atoms with Crippen LogP contribution in [0.4, 0.5) is 0 Å². The van der Waals surface area contributed by atoms with Gasteiger partial charge in [0, 0.05) is 17.7 Å². The molecule has 3 unspecified atom stereocenters. The van der Waals surface area contributed by atoms with E-state index in [2.05, 4.69) is 0 Å². The highest BCUT2D eigenvalue weighted by molar-refractivity contribution is 7.77. The molecule has 2 heterocycles. The van der Waals surface area contributed by atoms with Crippen LogP contribution < -0.4 is 4.72 Å². The molecule has 0 bridgehead atoms. The first kappa shape index (κ1) is 21.0. The molecule has 0 aromatic rings. The van der Waals surface area contributed by atoms with Gasteiger partial charge in [0.05, 0.1) is 37.9 Å². The van der Waals surface area contributed by atoms with Crippen LogP contribution in [0.15, 0.2) is 0 Å². The molecule has 2 saturated heterocycles. The molecule has 12 nitrogen and oxygen atoms in total. The van der Waals surface area contributed by atoms with Gasteiger partial charge in [-0.3, -0.25) is 8.95 Å². The summed E-state index contributed by atoms with van der Waals surface area (Å²) >= 11 is -2.87. The van der Waals surface area contributed by atoms with Crippen LogP contribution in [0.25, 0.3) is 0 Å². The Labute approximate surface area is 145 Å². The molecule has 2 aliphatic heterocycles. The average Bonchev–Trinajstić information content (AvgIpc) is 2.52. The summed E-state index contributed by atoms with van der Waals surface area (Å²) < 4.78 is 39.3. The molecule has 0 saturated carbocycles. The van der Waals surface area contributed by atoms with E-state index in [1.165, 1.54) is 0 Å². The summed E-state index contributed by atoms with van der Waals surface area (Å²) in [5.74, 6) is -2.44. The number of aliphatic hydroxyl groups is 6. The normalized spacial score (nSPS) is 46.8. The zero-order chi connectivity index (χ0) is 18.8. The fourth-order valence-corrected chi connectivity index (χ4v) is 3.30. The first-order chi connectivity index (χ1) is 11.7. The van der Waals surface area contributed by atoms with E-state index in [0.29, 0.717) is 0 Å². The largest absolute Gasteiger partial charge is 0.760 e. The summed E-state index contributed by atoms with van der Waals surface area (Å²) in [7, 11) is 0. The van der Waals surface area contributed by atoms with Gasteiger partial charge in [0.2, 0.25) is 0 Å². The van der Waals surface area contributed by atoms with E-state index in [1.807, 2.05) is 4.72 Å². The van der Waals surface area contributed by atoms with Crippen molar-refractivity contribution in [2.45, 2.75) is 61.7 Å². The highest BCUT2D eigenvalue weighted by Gasteiger charge is 2.50. The van der Waals surface area contributed by atoms with Crippen molar-refractivity contribution >= 4 is 11.3 Å². The summed E-state index contributed by atoms with van der Waals surface area (Å²) in [4.78, 5) is 0. The minimum absolute atomic E-state index is 0.0422. The highest BCUT2D eigenvalue weighted by atomic mass is 32.2. The number of hydrogen-bond donors (Lipinski definition) is 7. The van der Waals surface area contributed by atoms with Crippen molar-refractivity contribution in [1.82, 2.24) is 4.72 Å². The van der Waals surface area contributed by atoms with Crippen LogP contribution in [0.3, 0.4) is 0 Å². The van der Waals surface area contributed by atoms with E-state index in [-0.39, 0.29) is 6.42 Å². The molecule has 9 atom stereocenters. The number of hydrogen-bond acceptors (Lipinski definition) is 11. The molecule has 2 aliphatic rings. The van der Waals surface area contributed by atoms with Crippen molar-refractivity contribution in [3.8, 4) is 0 Å². The molecule has 0 aromatic carbocycles. The van der Waals surface area contributed by atoms with Gasteiger partial charge in [-0.25, -0.2) is 4.72 Å². The van der Waals surface area contributed by atoms with E-state index in [4.69, 9.17) is 19.3 Å². The van der Waals surface area contributed by atoms with Crippen LogP contribution in [0.2, 0.25) is 0 Å². The molecule has 13 heteroatoms. The third-order valence-corrected chi connectivity index (χ3v) is 4.46. The van der Waals surface area contributed by atoms with Gasteiger partial charge in [-0.15, -0.1) is 0 Å². The third kappa shape index (κ3) is 5.12. The van der Waals surface area contributed by atoms with Gasteiger partial charge >= 0.3 is 0 Å². The van der Waals surface area contributed by atoms with Crippen LogP contribution in [0.1, 0.15) is 12.8 Å². The average molecular weight is 388 g/mol. The molecular formula is C12H22NO11S-. The van der Waals surface area contributed by atoms with Crippen molar-refractivity contribution in [2.24, 2.45) is 0 Å². The second kappa shape index (κ2) is 8.60. The summed E-state index contributed by atoms with van der Waals surface area (Å²) in [6.45, 7) is -1.23. The van der Waals surface area contributed by atoms with Crippen molar-refractivity contribution in [1.29, 1.82) is 0 Å². The number of nitrogens with one attached hydrogen (secondary N) is 1. The fourth-order valence-electron chi connectivity index (χ4n) is 2.83. The quantitative estimate of drug-likeness (QED) is 0.170. The number of rotatable bonds is 6. The van der Waals surface area contributed by atoms with E-state index in [1.54, 1.807) is 0 Å². The maximum atomic E-state index is 10.9. The van der Waals surface area contributed by atoms with Crippen molar-refractivity contribution in [3.05, 3.63) is 0 Å². The molecular weight excluding hydrogens is 366 g/mol. The smallest absolute Gasteiger partial charge is 0.285 e. The van der Waals surface area contributed by atoms with Crippen molar-refractivity contribution < 1.29 is 53.6 Å². The molecule has 0 amide bonds. The Morgan fingerprint density at radius 2 is 1.92 bits per heavy atom. The Bertz CT molecular complexity index is 470. The predicted molar refractivity (Wildman–Crippen MR) is 76.8 cm³/mol. The Balaban J connectivity index is 2.18. The van der Waals surface area contributed by atoms with Gasteiger partial charge in [-0.05, 0) is 0 Å². The van der Waals surface area contributed by atoms with E-state index in [9.17, 15) is 34.3 Å². The molecule has 0 aromatic heterocycles. The van der Waals surface area contributed by atoms with Crippen LogP contribution >= 0.6 is 0 Å². The topological polar surface area (TPSA) is 201 Å². The Hall–Kier alpha value is -0.290. The standard InChI is InChI=1S/C12H23NO11S/c14-3-6-1-5(16)2-12(19,23-6)24-11-8(13-25(20)21)10(18)9(17)7(4-15)22-11/h5-11,13-19H,1-4H2,(H,20,21)/p-1/t5-,6-,7+,8+,9+,10+,11?,12?/m0/s1.